The third-order valence-corrected chi connectivity index (χ3v) is 3.41. The average molecular weight is 187 g/mol. The van der Waals surface area contributed by atoms with Crippen LogP contribution in [0.4, 0.5) is 0 Å². The van der Waals surface area contributed by atoms with Crippen LogP contribution in [0.3, 0.4) is 0 Å². The summed E-state index contributed by atoms with van der Waals surface area (Å²) in [6.45, 7) is 0. The van der Waals surface area contributed by atoms with Gasteiger partial charge in [0, 0.05) is 0 Å². The lowest BCUT2D eigenvalue weighted by atomic mass is 10.1. The van der Waals surface area contributed by atoms with Gasteiger partial charge in [0.25, 0.3) is 16.1 Å². The summed E-state index contributed by atoms with van der Waals surface area (Å²) in [5, 5.41) is -0.524. The Hall–Kier alpha value is -0.930. The molecule has 0 aliphatic heterocycles. The van der Waals surface area contributed by atoms with E-state index in [1.807, 2.05) is 6.08 Å². The Morgan fingerprint density at radius 1 is 1.42 bits per heavy atom. The molecule has 0 aromatic rings. The third-order valence-electron chi connectivity index (χ3n) is 1.81. The molecule has 0 aromatic carbocycles. The van der Waals surface area contributed by atoms with Crippen LogP contribution in [-0.4, -0.2) is 19.7 Å². The number of rotatable bonds is 2. The van der Waals surface area contributed by atoms with Crippen molar-refractivity contribution in [3.63, 3.8) is 0 Å². The molecule has 4 nitrogen and oxygen atoms in total. The number of hydrogen-bond donors (Lipinski definition) is 0. The van der Waals surface area contributed by atoms with E-state index in [1.54, 1.807) is 6.08 Å². The van der Waals surface area contributed by atoms with Gasteiger partial charge in [0.2, 0.25) is 0 Å². The first-order chi connectivity index (χ1) is 5.67. The molecule has 5 heteroatoms. The Kier molecular flexibility index (Phi) is 2.78. The van der Waals surface area contributed by atoms with Crippen LogP contribution in [0.15, 0.2) is 16.5 Å². The van der Waals surface area contributed by atoms with Gasteiger partial charge in [0.05, 0.1) is 5.25 Å². The quantitative estimate of drug-likeness (QED) is 0.364. The van der Waals surface area contributed by atoms with E-state index in [1.165, 1.54) is 0 Å². The SMILES string of the molecule is O=C=NS(=O)(=O)C1CC=CCC1. The molecule has 1 aliphatic carbocycles. The lowest BCUT2D eigenvalue weighted by Gasteiger charge is -2.13. The molecule has 12 heavy (non-hydrogen) atoms. The van der Waals surface area contributed by atoms with Crippen molar-refractivity contribution >= 4 is 16.1 Å². The normalized spacial score (nSPS) is 23.2. The van der Waals surface area contributed by atoms with Crippen molar-refractivity contribution in [2.45, 2.75) is 24.5 Å². The lowest BCUT2D eigenvalue weighted by Crippen LogP contribution is -2.19. The summed E-state index contributed by atoms with van der Waals surface area (Å²) in [5.74, 6) is 0. The lowest BCUT2D eigenvalue weighted by molar-refractivity contribution is 0.557. The second kappa shape index (κ2) is 3.65. The smallest absolute Gasteiger partial charge is 0.210 e. The van der Waals surface area contributed by atoms with E-state index in [4.69, 9.17) is 0 Å². The summed E-state index contributed by atoms with van der Waals surface area (Å²) in [5.41, 5.74) is 0. The molecule has 1 rings (SSSR count). The molecule has 0 radical (unpaired) electrons. The van der Waals surface area contributed by atoms with E-state index < -0.39 is 15.3 Å². The zero-order chi connectivity index (χ0) is 9.03. The van der Waals surface area contributed by atoms with Crippen LogP contribution in [0, 0.1) is 0 Å². The largest absolute Gasteiger partial charge is 0.266 e. The summed E-state index contributed by atoms with van der Waals surface area (Å²) in [6, 6.07) is 0. The highest BCUT2D eigenvalue weighted by atomic mass is 32.2. The van der Waals surface area contributed by atoms with E-state index >= 15 is 0 Å². The van der Waals surface area contributed by atoms with Crippen LogP contribution in [-0.2, 0) is 14.8 Å². The molecule has 0 N–H and O–H groups in total. The molecule has 1 atom stereocenters. The number of allylic oxidation sites excluding steroid dienone is 2. The van der Waals surface area contributed by atoms with Crippen LogP contribution < -0.4 is 0 Å². The molecular formula is C7H9NO3S. The molecule has 66 valence electrons. The molecule has 0 fully saturated rings. The number of nitrogens with zero attached hydrogens (tertiary/aromatic N) is 1. The molecule has 0 bridgehead atoms. The van der Waals surface area contributed by atoms with Gasteiger partial charge in [0.15, 0.2) is 0 Å². The number of isocyanates is 1. The van der Waals surface area contributed by atoms with Crippen LogP contribution >= 0.6 is 0 Å². The predicted molar refractivity (Wildman–Crippen MR) is 43.8 cm³/mol. The fourth-order valence-electron chi connectivity index (χ4n) is 1.16. The first-order valence-electron chi connectivity index (χ1n) is 3.65. The Morgan fingerprint density at radius 2 is 2.17 bits per heavy atom. The monoisotopic (exact) mass is 187 g/mol. The van der Waals surface area contributed by atoms with Gasteiger partial charge in [-0.05, 0) is 19.3 Å². The maximum Gasteiger partial charge on any atom is 0.266 e. The third kappa shape index (κ3) is 2.03. The fraction of sp³-hybridized carbons (Fsp3) is 0.571. The molecule has 1 aliphatic rings. The standard InChI is InChI=1S/C7H9NO3S/c9-6-8-12(10,11)7-4-2-1-3-5-7/h1-2,7H,3-5H2. The first-order valence-corrected chi connectivity index (χ1v) is 5.15. The molecule has 0 aromatic heterocycles. The molecule has 0 amide bonds. The summed E-state index contributed by atoms with van der Waals surface area (Å²) in [7, 11) is -3.58. The van der Waals surface area contributed by atoms with Crippen molar-refractivity contribution in [3.8, 4) is 0 Å². The number of hydrogen-bond acceptors (Lipinski definition) is 3. The minimum Gasteiger partial charge on any atom is -0.210 e. The summed E-state index contributed by atoms with van der Waals surface area (Å²) in [4.78, 5) is 9.77. The zero-order valence-corrected chi connectivity index (χ0v) is 7.25. The number of sulfonamides is 1. The fourth-order valence-corrected chi connectivity index (χ4v) is 2.20. The molecular weight excluding hydrogens is 178 g/mol. The van der Waals surface area contributed by atoms with Gasteiger partial charge in [0.1, 0.15) is 0 Å². The predicted octanol–water partition coefficient (Wildman–Crippen LogP) is 0.761. The zero-order valence-electron chi connectivity index (χ0n) is 6.43. The summed E-state index contributed by atoms with van der Waals surface area (Å²) < 4.78 is 25.1. The van der Waals surface area contributed by atoms with Crippen molar-refractivity contribution in [1.82, 2.24) is 0 Å². The van der Waals surface area contributed by atoms with E-state index in [2.05, 4.69) is 4.40 Å². The van der Waals surface area contributed by atoms with Crippen LogP contribution in [0.5, 0.6) is 0 Å². The van der Waals surface area contributed by atoms with Gasteiger partial charge in [-0.1, -0.05) is 16.5 Å². The van der Waals surface area contributed by atoms with Crippen LogP contribution in [0.2, 0.25) is 0 Å². The van der Waals surface area contributed by atoms with Crippen molar-refractivity contribution in [2.75, 3.05) is 0 Å². The van der Waals surface area contributed by atoms with Gasteiger partial charge >= 0.3 is 0 Å². The highest BCUT2D eigenvalue weighted by molar-refractivity contribution is 7.90. The van der Waals surface area contributed by atoms with Gasteiger partial charge in [-0.2, -0.15) is 0 Å². The molecule has 0 heterocycles. The van der Waals surface area contributed by atoms with E-state index in [0.717, 1.165) is 12.5 Å². The topological polar surface area (TPSA) is 63.6 Å². The van der Waals surface area contributed by atoms with E-state index in [-0.39, 0.29) is 0 Å². The Labute approximate surface area is 71.1 Å². The molecule has 0 spiro atoms. The van der Waals surface area contributed by atoms with Crippen LogP contribution in [0.25, 0.3) is 0 Å². The average Bonchev–Trinajstić information content (AvgIpc) is 2.06. The van der Waals surface area contributed by atoms with Crippen molar-refractivity contribution < 1.29 is 13.2 Å². The van der Waals surface area contributed by atoms with Crippen molar-refractivity contribution in [3.05, 3.63) is 12.2 Å². The summed E-state index contributed by atoms with van der Waals surface area (Å²) in [6.07, 6.45) is 6.53. The maximum atomic E-state index is 11.1. The van der Waals surface area contributed by atoms with Gasteiger partial charge in [-0.3, -0.25) is 0 Å². The van der Waals surface area contributed by atoms with E-state index in [0.29, 0.717) is 12.8 Å². The van der Waals surface area contributed by atoms with Gasteiger partial charge in [-0.15, -0.1) is 0 Å². The first kappa shape index (κ1) is 9.16. The maximum absolute atomic E-state index is 11.1. The molecule has 0 saturated carbocycles. The Balaban J connectivity index is 2.82. The van der Waals surface area contributed by atoms with Gasteiger partial charge < -0.3 is 0 Å². The molecule has 1 unspecified atom stereocenters. The molecule has 0 saturated heterocycles. The van der Waals surface area contributed by atoms with Crippen LogP contribution in [0.1, 0.15) is 19.3 Å². The van der Waals surface area contributed by atoms with Crippen molar-refractivity contribution in [1.29, 1.82) is 0 Å². The highest BCUT2D eigenvalue weighted by Gasteiger charge is 2.24. The minimum atomic E-state index is -3.58. The summed E-state index contributed by atoms with van der Waals surface area (Å²) >= 11 is 0. The second-order valence-electron chi connectivity index (χ2n) is 2.60. The van der Waals surface area contributed by atoms with Gasteiger partial charge in [-0.25, -0.2) is 13.2 Å². The number of carbonyl (C=O) groups excluding carboxylic acids is 1. The highest BCUT2D eigenvalue weighted by Crippen LogP contribution is 2.19. The van der Waals surface area contributed by atoms with E-state index in [9.17, 15) is 13.2 Å². The second-order valence-corrected chi connectivity index (χ2v) is 4.48. The van der Waals surface area contributed by atoms with Crippen molar-refractivity contribution in [2.24, 2.45) is 4.40 Å². The minimum absolute atomic E-state index is 0.452. The Bertz CT molecular complexity index is 325. The Morgan fingerprint density at radius 3 is 2.67 bits per heavy atom.